The fourth-order valence-electron chi connectivity index (χ4n) is 0.972. The molecule has 11 heavy (non-hydrogen) atoms. The lowest BCUT2D eigenvalue weighted by atomic mass is 10.4. The van der Waals surface area contributed by atoms with Crippen LogP contribution in [0.3, 0.4) is 0 Å². The van der Waals surface area contributed by atoms with Gasteiger partial charge in [0.05, 0.1) is 5.52 Å². The number of halogens is 2. The van der Waals surface area contributed by atoms with E-state index in [1.165, 1.54) is 0 Å². The minimum Gasteiger partial charge on any atom is -0.304 e. The van der Waals surface area contributed by atoms with Gasteiger partial charge in [0.15, 0.2) is 0 Å². The molecule has 0 atom stereocenters. The first-order valence-corrected chi connectivity index (χ1v) is 4.64. The third-order valence-electron chi connectivity index (χ3n) is 1.46. The fraction of sp³-hybridized carbons (Fsp3) is 0. The molecule has 0 aromatic carbocycles. The van der Waals surface area contributed by atoms with Gasteiger partial charge in [-0.05, 0) is 44.0 Å². The van der Waals surface area contributed by atoms with Crippen molar-refractivity contribution < 1.29 is 0 Å². The molecule has 0 aliphatic rings. The molecule has 0 bridgehead atoms. The van der Waals surface area contributed by atoms with Crippen LogP contribution in [0.15, 0.2) is 33.7 Å². The topological polar surface area (TPSA) is 17.3 Å². The standard InChI is InChI=1S/C7H4Br2N2/c8-5-2-1-3-11-4-10-7(9)6(5)11/h1-4H. The van der Waals surface area contributed by atoms with Crippen LogP contribution in [0.5, 0.6) is 0 Å². The van der Waals surface area contributed by atoms with Gasteiger partial charge in [-0.3, -0.25) is 0 Å². The Morgan fingerprint density at radius 3 is 2.91 bits per heavy atom. The number of hydrogen-bond acceptors (Lipinski definition) is 1. The highest BCUT2D eigenvalue weighted by Gasteiger charge is 2.02. The monoisotopic (exact) mass is 274 g/mol. The van der Waals surface area contributed by atoms with Crippen molar-refractivity contribution in [2.45, 2.75) is 0 Å². The quantitative estimate of drug-likeness (QED) is 0.723. The maximum atomic E-state index is 4.11. The number of imidazole rings is 1. The van der Waals surface area contributed by atoms with Crippen LogP contribution < -0.4 is 0 Å². The first-order valence-electron chi connectivity index (χ1n) is 3.06. The predicted octanol–water partition coefficient (Wildman–Crippen LogP) is 2.86. The summed E-state index contributed by atoms with van der Waals surface area (Å²) in [5.41, 5.74) is 1.06. The largest absolute Gasteiger partial charge is 0.304 e. The van der Waals surface area contributed by atoms with Crippen molar-refractivity contribution in [1.29, 1.82) is 0 Å². The Kier molecular flexibility index (Phi) is 1.73. The third kappa shape index (κ3) is 1.10. The first kappa shape index (κ1) is 7.31. The Morgan fingerprint density at radius 2 is 2.18 bits per heavy atom. The van der Waals surface area contributed by atoms with Crippen molar-refractivity contribution in [2.75, 3.05) is 0 Å². The number of nitrogens with zero attached hydrogens (tertiary/aromatic N) is 2. The molecular weight excluding hydrogens is 272 g/mol. The summed E-state index contributed by atoms with van der Waals surface area (Å²) in [5.74, 6) is 0. The van der Waals surface area contributed by atoms with Crippen LogP contribution >= 0.6 is 31.9 Å². The maximum absolute atomic E-state index is 4.11. The van der Waals surface area contributed by atoms with Crippen molar-refractivity contribution >= 4 is 37.4 Å². The zero-order chi connectivity index (χ0) is 7.84. The highest BCUT2D eigenvalue weighted by atomic mass is 79.9. The molecule has 4 heteroatoms. The molecule has 0 saturated carbocycles. The second-order valence-corrected chi connectivity index (χ2v) is 3.75. The van der Waals surface area contributed by atoms with Gasteiger partial charge in [-0.25, -0.2) is 4.98 Å². The molecule has 0 radical (unpaired) electrons. The van der Waals surface area contributed by atoms with Gasteiger partial charge in [-0.2, -0.15) is 0 Å². The highest BCUT2D eigenvalue weighted by Crippen LogP contribution is 2.23. The first-order chi connectivity index (χ1) is 5.29. The predicted molar refractivity (Wildman–Crippen MR) is 50.6 cm³/mol. The number of aromatic nitrogens is 2. The summed E-state index contributed by atoms with van der Waals surface area (Å²) in [6.45, 7) is 0. The Balaban J connectivity index is 2.96. The summed E-state index contributed by atoms with van der Waals surface area (Å²) in [6, 6.07) is 3.95. The molecule has 0 unspecified atom stereocenters. The summed E-state index contributed by atoms with van der Waals surface area (Å²) in [4.78, 5) is 4.11. The van der Waals surface area contributed by atoms with Gasteiger partial charge in [0.2, 0.25) is 0 Å². The van der Waals surface area contributed by atoms with Gasteiger partial charge in [-0.15, -0.1) is 0 Å². The lowest BCUT2D eigenvalue weighted by molar-refractivity contribution is 1.15. The van der Waals surface area contributed by atoms with Gasteiger partial charge in [0.25, 0.3) is 0 Å². The molecule has 2 rings (SSSR count). The minimum atomic E-state index is 0.866. The minimum absolute atomic E-state index is 0.866. The van der Waals surface area contributed by atoms with Gasteiger partial charge >= 0.3 is 0 Å². The number of fused-ring (bicyclic) bond motifs is 1. The normalized spacial score (nSPS) is 10.7. The summed E-state index contributed by atoms with van der Waals surface area (Å²) in [6.07, 6.45) is 3.72. The summed E-state index contributed by atoms with van der Waals surface area (Å²) in [7, 11) is 0. The zero-order valence-corrected chi connectivity index (χ0v) is 8.63. The Hall–Kier alpha value is -0.350. The summed E-state index contributed by atoms with van der Waals surface area (Å²) >= 11 is 6.79. The van der Waals surface area contributed by atoms with E-state index in [0.29, 0.717) is 0 Å². The number of hydrogen-bond donors (Lipinski definition) is 0. The molecule has 0 spiro atoms. The molecule has 2 heterocycles. The molecule has 0 aliphatic heterocycles. The van der Waals surface area contributed by atoms with Crippen molar-refractivity contribution in [1.82, 2.24) is 9.38 Å². The highest BCUT2D eigenvalue weighted by molar-refractivity contribution is 9.11. The Morgan fingerprint density at radius 1 is 1.36 bits per heavy atom. The van der Waals surface area contributed by atoms with E-state index in [-0.39, 0.29) is 0 Å². The van der Waals surface area contributed by atoms with Crippen molar-refractivity contribution in [2.24, 2.45) is 0 Å². The lowest BCUT2D eigenvalue weighted by Gasteiger charge is -1.94. The van der Waals surface area contributed by atoms with Crippen molar-refractivity contribution in [3.63, 3.8) is 0 Å². The van der Waals surface area contributed by atoms with Crippen LogP contribution in [0.1, 0.15) is 0 Å². The van der Waals surface area contributed by atoms with Gasteiger partial charge in [0, 0.05) is 10.7 Å². The molecule has 2 aromatic rings. The number of pyridine rings is 1. The van der Waals surface area contributed by atoms with Gasteiger partial charge in [0.1, 0.15) is 10.9 Å². The maximum Gasteiger partial charge on any atom is 0.133 e. The Labute approximate surface area is 80.5 Å². The zero-order valence-electron chi connectivity index (χ0n) is 5.46. The lowest BCUT2D eigenvalue weighted by Crippen LogP contribution is -1.80. The van der Waals surface area contributed by atoms with Crippen molar-refractivity contribution in [3.8, 4) is 0 Å². The van der Waals surface area contributed by atoms with Crippen LogP contribution in [-0.4, -0.2) is 9.38 Å². The molecule has 0 saturated heterocycles. The second kappa shape index (κ2) is 2.60. The number of rotatable bonds is 0. The molecule has 0 N–H and O–H groups in total. The second-order valence-electron chi connectivity index (χ2n) is 2.15. The Bertz CT molecular complexity index is 394. The average molecular weight is 276 g/mol. The van der Waals surface area contributed by atoms with E-state index in [0.717, 1.165) is 14.6 Å². The van der Waals surface area contributed by atoms with Crippen LogP contribution in [-0.2, 0) is 0 Å². The molecule has 0 fully saturated rings. The van der Waals surface area contributed by atoms with E-state index >= 15 is 0 Å². The van der Waals surface area contributed by atoms with E-state index in [2.05, 4.69) is 36.8 Å². The molecule has 0 amide bonds. The average Bonchev–Trinajstić information content (AvgIpc) is 2.34. The molecule has 0 aliphatic carbocycles. The SMILES string of the molecule is Brc1cccn2cnc(Br)c12. The third-order valence-corrected chi connectivity index (χ3v) is 2.68. The summed E-state index contributed by atoms with van der Waals surface area (Å²) in [5, 5.41) is 0. The molecule has 56 valence electrons. The van der Waals surface area contributed by atoms with Crippen LogP contribution in [0, 0.1) is 0 Å². The van der Waals surface area contributed by atoms with Crippen molar-refractivity contribution in [3.05, 3.63) is 33.7 Å². The smallest absolute Gasteiger partial charge is 0.133 e. The van der Waals surface area contributed by atoms with Crippen LogP contribution in [0.25, 0.3) is 5.52 Å². The fourth-order valence-corrected chi connectivity index (χ4v) is 2.29. The molecular formula is C7H4Br2N2. The van der Waals surface area contributed by atoms with E-state index in [1.807, 2.05) is 22.7 Å². The molecule has 2 aromatic heterocycles. The van der Waals surface area contributed by atoms with Crippen LogP contribution in [0.2, 0.25) is 0 Å². The van der Waals surface area contributed by atoms with Gasteiger partial charge in [-0.1, -0.05) is 0 Å². The van der Waals surface area contributed by atoms with E-state index in [9.17, 15) is 0 Å². The van der Waals surface area contributed by atoms with Gasteiger partial charge < -0.3 is 4.40 Å². The molecule has 2 nitrogen and oxygen atoms in total. The van der Waals surface area contributed by atoms with E-state index in [1.54, 1.807) is 6.33 Å². The van der Waals surface area contributed by atoms with Crippen LogP contribution in [0.4, 0.5) is 0 Å². The van der Waals surface area contributed by atoms with E-state index in [4.69, 9.17) is 0 Å². The van der Waals surface area contributed by atoms with E-state index < -0.39 is 0 Å². The summed E-state index contributed by atoms with van der Waals surface area (Å²) < 4.78 is 3.86.